The molecule has 4 nitrogen and oxygen atoms in total. The third kappa shape index (κ3) is 1.89. The minimum Gasteiger partial charge on any atom is -0.422 e. The first-order chi connectivity index (χ1) is 8.33. The fraction of sp³-hybridized carbons (Fsp3) is 0.200. The Morgan fingerprint density at radius 1 is 1.33 bits per heavy atom. The topological polar surface area (TPSA) is 55.4 Å². The van der Waals surface area contributed by atoms with Crippen molar-refractivity contribution in [1.82, 2.24) is 0 Å². The van der Waals surface area contributed by atoms with Gasteiger partial charge in [-0.05, 0) is 12.1 Å². The van der Waals surface area contributed by atoms with Crippen LogP contribution in [0.1, 0.15) is 10.4 Å². The molecule has 0 atom stereocenters. The zero-order valence-electron chi connectivity index (χ0n) is 8.55. The van der Waals surface area contributed by atoms with Crippen LogP contribution < -0.4 is 10.1 Å². The predicted molar refractivity (Wildman–Crippen MR) is 51.0 cm³/mol. The molecule has 0 bridgehead atoms. The molecular formula is C10H5F4NO3. The van der Waals surface area contributed by atoms with Crippen molar-refractivity contribution in [2.75, 3.05) is 5.32 Å². The fourth-order valence-electron chi connectivity index (χ4n) is 1.43. The van der Waals surface area contributed by atoms with E-state index in [-0.39, 0.29) is 5.69 Å². The summed E-state index contributed by atoms with van der Waals surface area (Å²) in [6.45, 7) is 0. The molecule has 1 N–H and O–H groups in total. The Hall–Kier alpha value is -2.12. The van der Waals surface area contributed by atoms with E-state index in [9.17, 15) is 27.2 Å². The second-order valence-corrected chi connectivity index (χ2v) is 3.42. The highest BCUT2D eigenvalue weighted by Gasteiger charge is 2.47. The van der Waals surface area contributed by atoms with Crippen LogP contribution in [0.2, 0.25) is 0 Å². The van der Waals surface area contributed by atoms with E-state index >= 15 is 0 Å². The molecular weight excluding hydrogens is 258 g/mol. The van der Waals surface area contributed by atoms with Gasteiger partial charge in [0.2, 0.25) is 5.78 Å². The van der Waals surface area contributed by atoms with Crippen molar-refractivity contribution in [2.45, 2.75) is 12.5 Å². The van der Waals surface area contributed by atoms with Crippen molar-refractivity contribution < 1.29 is 31.9 Å². The molecule has 0 spiro atoms. The number of Topliss-reactive ketones (excluding diaryl/α,β-unsaturated/α-hetero) is 1. The summed E-state index contributed by atoms with van der Waals surface area (Å²) in [5.41, 5.74) is -0.959. The summed E-state index contributed by atoms with van der Waals surface area (Å²) in [6, 6.07) is 3.24. The van der Waals surface area contributed by atoms with Gasteiger partial charge in [-0.15, -0.1) is 0 Å². The number of ether oxygens (including phenoxy) is 1. The number of hydrogen-bond acceptors (Lipinski definition) is 3. The summed E-state index contributed by atoms with van der Waals surface area (Å²) in [7, 11) is 0. The lowest BCUT2D eigenvalue weighted by Gasteiger charge is -2.26. The number of nitrogens with one attached hydrogen (secondary N) is 1. The molecule has 0 aliphatic carbocycles. The lowest BCUT2D eigenvalue weighted by atomic mass is 10.1. The number of para-hydroxylation sites is 1. The number of ketones is 1. The molecule has 0 unspecified atom stereocenters. The van der Waals surface area contributed by atoms with Gasteiger partial charge in [0.15, 0.2) is 5.75 Å². The maximum absolute atomic E-state index is 13.0. The lowest BCUT2D eigenvalue weighted by Crippen LogP contribution is -2.43. The Balaban J connectivity index is 2.52. The number of hydrogen-bond donors (Lipinski definition) is 1. The van der Waals surface area contributed by atoms with Crippen molar-refractivity contribution in [3.05, 3.63) is 23.8 Å². The van der Waals surface area contributed by atoms with E-state index in [1.54, 1.807) is 5.32 Å². The molecule has 8 heteroatoms. The molecule has 0 saturated heterocycles. The highest BCUT2D eigenvalue weighted by Crippen LogP contribution is 2.38. The molecule has 0 saturated carbocycles. The second kappa shape index (κ2) is 3.97. The van der Waals surface area contributed by atoms with E-state index in [4.69, 9.17) is 0 Å². The highest BCUT2D eigenvalue weighted by molar-refractivity contribution is 6.06. The number of benzene rings is 1. The molecule has 18 heavy (non-hydrogen) atoms. The molecule has 0 fully saturated rings. The minimum absolute atomic E-state index is 0.252. The average molecular weight is 263 g/mol. The number of fused-ring (bicyclic) bond motifs is 1. The number of alkyl halides is 4. The minimum atomic E-state index is -4.20. The first-order valence-corrected chi connectivity index (χ1v) is 4.66. The molecule has 2 rings (SSSR count). The zero-order chi connectivity index (χ0) is 13.5. The van der Waals surface area contributed by atoms with Gasteiger partial charge in [0.25, 0.3) is 0 Å². The van der Waals surface area contributed by atoms with E-state index in [0.717, 1.165) is 12.1 Å². The number of amides is 1. The van der Waals surface area contributed by atoms with Gasteiger partial charge in [-0.1, -0.05) is 6.07 Å². The molecule has 0 aromatic heterocycles. The normalized spacial score (nSPS) is 16.8. The van der Waals surface area contributed by atoms with Crippen LogP contribution in [0.5, 0.6) is 5.75 Å². The van der Waals surface area contributed by atoms with Crippen LogP contribution in [-0.4, -0.2) is 24.2 Å². The quantitative estimate of drug-likeness (QED) is 0.656. The van der Waals surface area contributed by atoms with Crippen LogP contribution in [0, 0.1) is 0 Å². The molecule has 1 aliphatic heterocycles. The Labute approximate surface area is 97.5 Å². The Morgan fingerprint density at radius 3 is 2.61 bits per heavy atom. The average Bonchev–Trinajstić information content (AvgIpc) is 2.28. The number of carbonyl (C=O) groups is 2. The molecule has 1 amide bonds. The summed E-state index contributed by atoms with van der Waals surface area (Å²) in [5, 5.41) is 1.77. The summed E-state index contributed by atoms with van der Waals surface area (Å²) < 4.78 is 54.6. The summed E-state index contributed by atoms with van der Waals surface area (Å²) in [4.78, 5) is 22.0. The van der Waals surface area contributed by atoms with E-state index in [1.165, 1.54) is 6.07 Å². The highest BCUT2D eigenvalue weighted by atomic mass is 19.3. The number of rotatable bonds is 2. The lowest BCUT2D eigenvalue weighted by molar-refractivity contribution is -0.189. The van der Waals surface area contributed by atoms with E-state index in [2.05, 4.69) is 4.74 Å². The summed E-state index contributed by atoms with van der Waals surface area (Å²) in [6.07, 6.45) is -7.56. The van der Waals surface area contributed by atoms with Gasteiger partial charge in [0, 0.05) is 0 Å². The van der Waals surface area contributed by atoms with Crippen molar-refractivity contribution in [3.63, 3.8) is 0 Å². The first kappa shape index (κ1) is 12.3. The van der Waals surface area contributed by atoms with E-state index < -0.39 is 35.5 Å². The van der Waals surface area contributed by atoms with Crippen molar-refractivity contribution >= 4 is 17.4 Å². The second-order valence-electron chi connectivity index (χ2n) is 3.42. The monoisotopic (exact) mass is 263 g/mol. The molecule has 1 aromatic carbocycles. The third-order valence-electron chi connectivity index (χ3n) is 2.22. The van der Waals surface area contributed by atoms with Gasteiger partial charge in [-0.25, -0.2) is 8.78 Å². The SMILES string of the molecule is O=C(c1cccc2c1OC(F)(F)C(=O)N2)C(F)F. The van der Waals surface area contributed by atoms with Crippen molar-refractivity contribution in [1.29, 1.82) is 0 Å². The van der Waals surface area contributed by atoms with Gasteiger partial charge < -0.3 is 10.1 Å². The van der Waals surface area contributed by atoms with Crippen LogP contribution in [0.3, 0.4) is 0 Å². The van der Waals surface area contributed by atoms with Gasteiger partial charge in [-0.3, -0.25) is 9.59 Å². The molecule has 1 aliphatic rings. The van der Waals surface area contributed by atoms with E-state index in [0.29, 0.717) is 0 Å². The largest absolute Gasteiger partial charge is 0.482 e. The summed E-state index contributed by atoms with van der Waals surface area (Å²) in [5.74, 6) is -4.14. The van der Waals surface area contributed by atoms with Crippen LogP contribution in [0.25, 0.3) is 0 Å². The van der Waals surface area contributed by atoms with Crippen LogP contribution >= 0.6 is 0 Å². The summed E-state index contributed by atoms with van der Waals surface area (Å²) >= 11 is 0. The van der Waals surface area contributed by atoms with Crippen molar-refractivity contribution in [2.24, 2.45) is 0 Å². The van der Waals surface area contributed by atoms with Crippen LogP contribution in [-0.2, 0) is 4.79 Å². The molecule has 0 radical (unpaired) electrons. The van der Waals surface area contributed by atoms with Gasteiger partial charge >= 0.3 is 18.4 Å². The molecule has 1 heterocycles. The van der Waals surface area contributed by atoms with Crippen LogP contribution in [0.4, 0.5) is 23.2 Å². The molecule has 96 valence electrons. The maximum atomic E-state index is 13.0. The number of carbonyl (C=O) groups excluding carboxylic acids is 2. The number of halogens is 4. The van der Waals surface area contributed by atoms with Crippen LogP contribution in [0.15, 0.2) is 18.2 Å². The maximum Gasteiger partial charge on any atom is 0.482 e. The first-order valence-electron chi connectivity index (χ1n) is 4.66. The standard InChI is InChI=1S/C10H5F4NO3/c11-8(12)6(16)4-2-1-3-5-7(4)18-10(13,14)9(17)15-5/h1-3,8H,(H,15,17). The Morgan fingerprint density at radius 2 is 2.00 bits per heavy atom. The van der Waals surface area contributed by atoms with Crippen molar-refractivity contribution in [3.8, 4) is 5.75 Å². The fourth-order valence-corrected chi connectivity index (χ4v) is 1.43. The zero-order valence-corrected chi connectivity index (χ0v) is 8.55. The predicted octanol–water partition coefficient (Wildman–Crippen LogP) is 2.06. The molecule has 1 aromatic rings. The number of anilines is 1. The third-order valence-corrected chi connectivity index (χ3v) is 2.22. The Kier molecular flexibility index (Phi) is 2.72. The van der Waals surface area contributed by atoms with Gasteiger partial charge in [0.1, 0.15) is 0 Å². The van der Waals surface area contributed by atoms with Gasteiger partial charge in [0.05, 0.1) is 11.3 Å². The smallest absolute Gasteiger partial charge is 0.422 e. The Bertz CT molecular complexity index is 530. The van der Waals surface area contributed by atoms with E-state index in [1.807, 2.05) is 0 Å². The van der Waals surface area contributed by atoms with Gasteiger partial charge in [-0.2, -0.15) is 8.78 Å².